The summed E-state index contributed by atoms with van der Waals surface area (Å²) in [7, 11) is 0. The maximum absolute atomic E-state index is 10.3. The highest BCUT2D eigenvalue weighted by atomic mass is 35.5. The molecule has 1 aliphatic rings. The highest BCUT2D eigenvalue weighted by molar-refractivity contribution is 6.28. The molecule has 0 aliphatic carbocycles. The fourth-order valence-electron chi connectivity index (χ4n) is 3.61. The van der Waals surface area contributed by atoms with E-state index >= 15 is 0 Å². The van der Waals surface area contributed by atoms with E-state index in [2.05, 4.69) is 9.97 Å². The molecule has 2 unspecified atom stereocenters. The normalized spacial score (nSPS) is 25.1. The maximum Gasteiger partial charge on any atom is 0.225 e. The molecule has 0 radical (unpaired) electrons. The largest absolute Gasteiger partial charge is 0.454 e. The number of furan rings is 1. The van der Waals surface area contributed by atoms with Crippen LogP contribution in [0.2, 0.25) is 5.28 Å². The van der Waals surface area contributed by atoms with Crippen molar-refractivity contribution in [3.8, 4) is 11.5 Å². The van der Waals surface area contributed by atoms with Crippen LogP contribution in [0.4, 0.5) is 0 Å². The van der Waals surface area contributed by atoms with E-state index in [1.54, 1.807) is 16.8 Å². The molecule has 4 heterocycles. The number of ether oxygens (including phenoxy) is 1. The molecule has 28 heavy (non-hydrogen) atoms. The Morgan fingerprint density at radius 2 is 1.93 bits per heavy atom. The third-order valence-corrected chi connectivity index (χ3v) is 5.16. The maximum atomic E-state index is 10.3. The first-order valence-electron chi connectivity index (χ1n) is 8.72. The predicted octanol–water partition coefficient (Wildman–Crippen LogP) is 2.11. The van der Waals surface area contributed by atoms with Crippen LogP contribution in [-0.4, -0.2) is 54.8 Å². The van der Waals surface area contributed by atoms with E-state index in [1.165, 1.54) is 0 Å². The molecule has 1 saturated heterocycles. The minimum absolute atomic E-state index is 0.00893. The van der Waals surface area contributed by atoms with Crippen LogP contribution >= 0.6 is 11.6 Å². The Morgan fingerprint density at radius 3 is 2.68 bits per heavy atom. The van der Waals surface area contributed by atoms with Crippen LogP contribution in [-0.2, 0) is 4.74 Å². The van der Waals surface area contributed by atoms with Crippen molar-refractivity contribution in [1.82, 2.24) is 14.5 Å². The number of nitrogens with zero attached hydrogens (tertiary/aromatic N) is 3. The standard InChI is InChI=1S/C19H16ClN3O5/c20-19-21-14(12-7-9-3-1-2-4-11(9)27-12)10-5-6-23(17(10)22-19)18-16(26)15(25)13(8-24)28-18/h1-7,13,15-16,18,24-26H,8H2/t13-,15?,16?,18-/m1/s1. The zero-order valence-electron chi connectivity index (χ0n) is 14.4. The molecule has 1 aliphatic heterocycles. The van der Waals surface area contributed by atoms with E-state index in [4.69, 9.17) is 20.8 Å². The number of aliphatic hydroxyl groups excluding tert-OH is 3. The van der Waals surface area contributed by atoms with Gasteiger partial charge in [-0.1, -0.05) is 18.2 Å². The molecule has 8 nitrogen and oxygen atoms in total. The lowest BCUT2D eigenvalue weighted by molar-refractivity contribution is -0.0508. The summed E-state index contributed by atoms with van der Waals surface area (Å²) in [6.07, 6.45) is -2.57. The third kappa shape index (κ3) is 2.61. The van der Waals surface area contributed by atoms with Crippen LogP contribution < -0.4 is 0 Å². The first-order valence-corrected chi connectivity index (χ1v) is 9.10. The summed E-state index contributed by atoms with van der Waals surface area (Å²) in [4.78, 5) is 8.60. The van der Waals surface area contributed by atoms with Gasteiger partial charge in [0.15, 0.2) is 12.0 Å². The van der Waals surface area contributed by atoms with Crippen LogP contribution in [0.1, 0.15) is 6.23 Å². The molecule has 4 atom stereocenters. The van der Waals surface area contributed by atoms with E-state index in [-0.39, 0.29) is 5.28 Å². The van der Waals surface area contributed by atoms with Gasteiger partial charge in [0.1, 0.15) is 35.2 Å². The summed E-state index contributed by atoms with van der Waals surface area (Å²) in [5.41, 5.74) is 1.66. The number of para-hydroxylation sites is 1. The summed E-state index contributed by atoms with van der Waals surface area (Å²) in [5, 5.41) is 31.3. The number of hydrogen-bond donors (Lipinski definition) is 3. The summed E-state index contributed by atoms with van der Waals surface area (Å²) in [6.45, 7) is -0.409. The lowest BCUT2D eigenvalue weighted by Gasteiger charge is -2.17. The highest BCUT2D eigenvalue weighted by Gasteiger charge is 2.43. The molecule has 0 amide bonds. The Labute approximate surface area is 163 Å². The van der Waals surface area contributed by atoms with Gasteiger partial charge < -0.3 is 29.0 Å². The Morgan fingerprint density at radius 1 is 1.11 bits per heavy atom. The lowest BCUT2D eigenvalue weighted by Crippen LogP contribution is -2.33. The summed E-state index contributed by atoms with van der Waals surface area (Å²) < 4.78 is 13.1. The molecule has 3 N–H and O–H groups in total. The number of hydrogen-bond acceptors (Lipinski definition) is 7. The molecule has 1 aromatic carbocycles. The first-order chi connectivity index (χ1) is 13.6. The van der Waals surface area contributed by atoms with Gasteiger partial charge in [-0.25, -0.2) is 4.98 Å². The van der Waals surface area contributed by atoms with E-state index < -0.39 is 31.1 Å². The minimum Gasteiger partial charge on any atom is -0.454 e. The first kappa shape index (κ1) is 17.6. The van der Waals surface area contributed by atoms with Crippen molar-refractivity contribution >= 4 is 33.6 Å². The van der Waals surface area contributed by atoms with Crippen LogP contribution in [0, 0.1) is 0 Å². The lowest BCUT2D eigenvalue weighted by atomic mass is 10.1. The Bertz CT molecular complexity index is 1140. The molecular weight excluding hydrogens is 386 g/mol. The van der Waals surface area contributed by atoms with Gasteiger partial charge >= 0.3 is 0 Å². The van der Waals surface area contributed by atoms with E-state index in [9.17, 15) is 15.3 Å². The summed E-state index contributed by atoms with van der Waals surface area (Å²) >= 11 is 6.16. The van der Waals surface area contributed by atoms with Crippen LogP contribution in [0.3, 0.4) is 0 Å². The van der Waals surface area contributed by atoms with Crippen molar-refractivity contribution in [1.29, 1.82) is 0 Å². The van der Waals surface area contributed by atoms with Gasteiger partial charge in [-0.05, 0) is 29.8 Å². The van der Waals surface area contributed by atoms with Gasteiger partial charge in [0.25, 0.3) is 0 Å². The van der Waals surface area contributed by atoms with Gasteiger partial charge in [0, 0.05) is 17.0 Å². The second kappa shape index (κ2) is 6.54. The average Bonchev–Trinajstić information content (AvgIpc) is 3.38. The van der Waals surface area contributed by atoms with Crippen LogP contribution in [0.25, 0.3) is 33.5 Å². The fraction of sp³-hybridized carbons (Fsp3) is 0.263. The average molecular weight is 402 g/mol. The van der Waals surface area contributed by atoms with Gasteiger partial charge in [0.2, 0.25) is 5.28 Å². The number of aromatic nitrogens is 3. The molecule has 0 spiro atoms. The third-order valence-electron chi connectivity index (χ3n) is 4.99. The van der Waals surface area contributed by atoms with Crippen molar-refractivity contribution in [2.24, 2.45) is 0 Å². The molecule has 9 heteroatoms. The fourth-order valence-corrected chi connectivity index (χ4v) is 3.77. The van der Waals surface area contributed by atoms with E-state index in [0.29, 0.717) is 22.5 Å². The Balaban J connectivity index is 1.65. The van der Waals surface area contributed by atoms with Crippen molar-refractivity contribution in [3.63, 3.8) is 0 Å². The van der Waals surface area contributed by atoms with Crippen molar-refractivity contribution < 1.29 is 24.5 Å². The minimum atomic E-state index is -1.23. The quantitative estimate of drug-likeness (QED) is 0.450. The van der Waals surface area contributed by atoms with Gasteiger partial charge in [-0.15, -0.1) is 0 Å². The second-order valence-corrected chi connectivity index (χ2v) is 7.02. The predicted molar refractivity (Wildman–Crippen MR) is 101 cm³/mol. The Hall–Kier alpha value is -2.49. The zero-order chi connectivity index (χ0) is 19.4. The summed E-state index contributed by atoms with van der Waals surface area (Å²) in [5.74, 6) is 0.536. The number of benzene rings is 1. The molecule has 1 fully saturated rings. The molecule has 144 valence electrons. The van der Waals surface area contributed by atoms with Crippen molar-refractivity contribution in [2.75, 3.05) is 6.61 Å². The molecule has 4 aromatic rings. The zero-order valence-corrected chi connectivity index (χ0v) is 15.2. The highest BCUT2D eigenvalue weighted by Crippen LogP contribution is 2.36. The van der Waals surface area contributed by atoms with Crippen molar-refractivity contribution in [3.05, 3.63) is 47.9 Å². The molecule has 5 rings (SSSR count). The van der Waals surface area contributed by atoms with Crippen LogP contribution in [0.15, 0.2) is 47.0 Å². The second-order valence-electron chi connectivity index (χ2n) is 6.68. The SMILES string of the molecule is OC[C@H]1O[C@@H](n2ccc3c(-c4cc5ccccc5o4)nc(Cl)nc32)C(O)C1O. The van der Waals surface area contributed by atoms with Gasteiger partial charge in [-0.2, -0.15) is 4.98 Å². The van der Waals surface area contributed by atoms with E-state index in [1.807, 2.05) is 30.3 Å². The monoisotopic (exact) mass is 401 g/mol. The van der Waals surface area contributed by atoms with Gasteiger partial charge in [-0.3, -0.25) is 0 Å². The number of halogens is 1. The molecular formula is C19H16ClN3O5. The van der Waals surface area contributed by atoms with Crippen LogP contribution in [0.5, 0.6) is 0 Å². The summed E-state index contributed by atoms with van der Waals surface area (Å²) in [6, 6.07) is 11.2. The molecule has 0 bridgehead atoms. The number of aliphatic hydroxyl groups is 3. The number of rotatable bonds is 3. The van der Waals surface area contributed by atoms with E-state index in [0.717, 1.165) is 11.0 Å². The topological polar surface area (TPSA) is 114 Å². The van der Waals surface area contributed by atoms with Crippen molar-refractivity contribution in [2.45, 2.75) is 24.5 Å². The van der Waals surface area contributed by atoms with Gasteiger partial charge in [0.05, 0.1) is 6.61 Å². The molecule has 3 aromatic heterocycles. The molecule has 0 saturated carbocycles. The smallest absolute Gasteiger partial charge is 0.225 e. The Kier molecular flexibility index (Phi) is 4.11. The number of fused-ring (bicyclic) bond motifs is 2.